The third-order valence-electron chi connectivity index (χ3n) is 5.40. The lowest BCUT2D eigenvalue weighted by Crippen LogP contribution is -2.35. The van der Waals surface area contributed by atoms with E-state index in [1.54, 1.807) is 12.1 Å². The summed E-state index contributed by atoms with van der Waals surface area (Å²) in [6.07, 6.45) is 0. The van der Waals surface area contributed by atoms with Crippen molar-refractivity contribution in [3.63, 3.8) is 0 Å². The molecule has 4 aromatic rings. The Morgan fingerprint density at radius 1 is 1.00 bits per heavy atom. The molecule has 0 fully saturated rings. The molecule has 0 spiro atoms. The molecule has 162 valence electrons. The van der Waals surface area contributed by atoms with E-state index in [4.69, 9.17) is 12.2 Å². The first kappa shape index (κ1) is 21.7. The summed E-state index contributed by atoms with van der Waals surface area (Å²) in [4.78, 5) is 17.8. The Hall–Kier alpha value is -3.51. The second kappa shape index (κ2) is 9.32. The van der Waals surface area contributed by atoms with E-state index in [-0.39, 0.29) is 11.4 Å². The highest BCUT2D eigenvalue weighted by Gasteiger charge is 2.15. The number of anilines is 1. The van der Waals surface area contributed by atoms with Gasteiger partial charge in [-0.2, -0.15) is 0 Å². The maximum absolute atomic E-state index is 13.4. The topological polar surface area (TPSA) is 48.1 Å². The van der Waals surface area contributed by atoms with Gasteiger partial charge in [0.05, 0.1) is 12.1 Å². The smallest absolute Gasteiger partial charge is 0.253 e. The number of aromatic amines is 1. The molecule has 0 bridgehead atoms. The molecule has 3 aromatic carbocycles. The molecule has 2 N–H and O–H groups in total. The summed E-state index contributed by atoms with van der Waals surface area (Å²) in [6.45, 7) is 4.74. The number of pyridine rings is 1. The van der Waals surface area contributed by atoms with Gasteiger partial charge < -0.3 is 15.2 Å². The zero-order valence-electron chi connectivity index (χ0n) is 18.0. The molecular weight excluding hydrogens is 421 g/mol. The quantitative estimate of drug-likeness (QED) is 0.388. The zero-order valence-corrected chi connectivity index (χ0v) is 18.8. The first-order chi connectivity index (χ1) is 15.4. The number of H-pyrrole nitrogens is 1. The lowest BCUT2D eigenvalue weighted by atomic mass is 10.1. The highest BCUT2D eigenvalue weighted by atomic mass is 32.1. The van der Waals surface area contributed by atoms with E-state index < -0.39 is 0 Å². The molecule has 0 aliphatic rings. The highest BCUT2D eigenvalue weighted by Crippen LogP contribution is 2.18. The van der Waals surface area contributed by atoms with Gasteiger partial charge in [0, 0.05) is 17.8 Å². The minimum absolute atomic E-state index is 0.144. The highest BCUT2D eigenvalue weighted by molar-refractivity contribution is 7.80. The van der Waals surface area contributed by atoms with Crippen LogP contribution >= 0.6 is 12.2 Å². The van der Waals surface area contributed by atoms with E-state index in [0.717, 1.165) is 33.3 Å². The normalized spacial score (nSPS) is 10.8. The van der Waals surface area contributed by atoms with Crippen LogP contribution in [0.1, 0.15) is 22.3 Å². The molecule has 0 aliphatic heterocycles. The molecule has 4 rings (SSSR count). The van der Waals surface area contributed by atoms with Crippen LogP contribution < -0.4 is 10.9 Å². The summed E-state index contributed by atoms with van der Waals surface area (Å²) < 4.78 is 13.4. The number of halogens is 1. The van der Waals surface area contributed by atoms with E-state index in [1.807, 2.05) is 67.3 Å². The number of hydrogen-bond acceptors (Lipinski definition) is 2. The fourth-order valence-electron chi connectivity index (χ4n) is 3.60. The van der Waals surface area contributed by atoms with Gasteiger partial charge in [-0.15, -0.1) is 0 Å². The number of rotatable bonds is 5. The Kier molecular flexibility index (Phi) is 6.32. The fourth-order valence-corrected chi connectivity index (χ4v) is 3.85. The van der Waals surface area contributed by atoms with Crippen LogP contribution in [0.2, 0.25) is 0 Å². The molecular formula is C26H24FN3OS. The van der Waals surface area contributed by atoms with Gasteiger partial charge >= 0.3 is 0 Å². The van der Waals surface area contributed by atoms with E-state index >= 15 is 0 Å². The van der Waals surface area contributed by atoms with Crippen molar-refractivity contribution in [3.05, 3.63) is 111 Å². The minimum Gasteiger partial charge on any atom is -0.340 e. The van der Waals surface area contributed by atoms with Crippen LogP contribution in [0, 0.1) is 19.7 Å². The Morgan fingerprint density at radius 2 is 1.72 bits per heavy atom. The van der Waals surface area contributed by atoms with Crippen molar-refractivity contribution in [3.8, 4) is 0 Å². The van der Waals surface area contributed by atoms with Gasteiger partial charge in [-0.25, -0.2) is 4.39 Å². The maximum Gasteiger partial charge on any atom is 0.253 e. The number of aryl methyl sites for hydroxylation is 2. The second-order valence-electron chi connectivity index (χ2n) is 7.94. The van der Waals surface area contributed by atoms with Crippen molar-refractivity contribution in [2.75, 3.05) is 5.32 Å². The van der Waals surface area contributed by atoms with Crippen molar-refractivity contribution in [2.45, 2.75) is 26.9 Å². The molecule has 6 heteroatoms. The summed E-state index contributed by atoms with van der Waals surface area (Å²) in [6, 6.07) is 22.1. The monoisotopic (exact) mass is 445 g/mol. The lowest BCUT2D eigenvalue weighted by molar-refractivity contribution is 0.411. The maximum atomic E-state index is 13.4. The third-order valence-corrected chi connectivity index (χ3v) is 5.76. The summed E-state index contributed by atoms with van der Waals surface area (Å²) >= 11 is 5.70. The van der Waals surface area contributed by atoms with Crippen LogP contribution in [0.4, 0.5) is 10.1 Å². The van der Waals surface area contributed by atoms with Crippen LogP contribution in [0.3, 0.4) is 0 Å². The van der Waals surface area contributed by atoms with E-state index in [1.165, 1.54) is 12.1 Å². The number of nitrogens with one attached hydrogen (secondary N) is 2. The molecule has 0 unspecified atom stereocenters. The molecule has 0 saturated carbocycles. The van der Waals surface area contributed by atoms with Crippen LogP contribution in [-0.2, 0) is 13.1 Å². The van der Waals surface area contributed by atoms with Gasteiger partial charge in [-0.05, 0) is 72.9 Å². The Bertz CT molecular complexity index is 1310. The largest absolute Gasteiger partial charge is 0.340 e. The predicted octanol–water partition coefficient (Wildman–Crippen LogP) is 5.68. The average molecular weight is 446 g/mol. The SMILES string of the molecule is Cc1ccc(NC(=S)N(Cc2ccc(F)cc2)Cc2cc3cccc(C)c3[nH]c2=O)cc1. The molecule has 4 nitrogen and oxygen atoms in total. The first-order valence-corrected chi connectivity index (χ1v) is 10.8. The van der Waals surface area contributed by atoms with Crippen molar-refractivity contribution >= 4 is 33.9 Å². The number of aromatic nitrogens is 1. The fraction of sp³-hybridized carbons (Fsp3) is 0.154. The Balaban J connectivity index is 1.65. The Morgan fingerprint density at radius 3 is 2.44 bits per heavy atom. The van der Waals surface area contributed by atoms with E-state index in [2.05, 4.69) is 10.3 Å². The van der Waals surface area contributed by atoms with Crippen molar-refractivity contribution in [2.24, 2.45) is 0 Å². The van der Waals surface area contributed by atoms with Gasteiger partial charge in [-0.1, -0.05) is 48.0 Å². The number of thiocarbonyl (C=S) groups is 1. The minimum atomic E-state index is -0.290. The molecule has 0 radical (unpaired) electrons. The molecule has 0 saturated heterocycles. The molecule has 0 atom stereocenters. The average Bonchev–Trinajstić information content (AvgIpc) is 2.77. The first-order valence-electron chi connectivity index (χ1n) is 10.4. The summed E-state index contributed by atoms with van der Waals surface area (Å²) in [5, 5.41) is 4.72. The van der Waals surface area contributed by atoms with Crippen molar-refractivity contribution < 1.29 is 4.39 Å². The summed E-state index contributed by atoms with van der Waals surface area (Å²) in [5.41, 5.74) is 5.24. The number of benzene rings is 3. The standard InChI is InChI=1S/C26H24FN3OS/c1-17-6-12-23(13-7-17)28-26(32)30(15-19-8-10-22(27)11-9-19)16-21-14-20-5-3-4-18(2)24(20)29-25(21)31/h3-14H,15-16H2,1-2H3,(H,28,32)(H,29,31). The van der Waals surface area contributed by atoms with Gasteiger partial charge in [0.25, 0.3) is 5.56 Å². The van der Waals surface area contributed by atoms with Gasteiger partial charge in [0.2, 0.25) is 0 Å². The zero-order chi connectivity index (χ0) is 22.7. The Labute approximate surface area is 191 Å². The van der Waals surface area contributed by atoms with Crippen molar-refractivity contribution in [1.29, 1.82) is 0 Å². The molecule has 0 aliphatic carbocycles. The van der Waals surface area contributed by atoms with Crippen molar-refractivity contribution in [1.82, 2.24) is 9.88 Å². The van der Waals surface area contributed by atoms with Crippen LogP contribution in [0.5, 0.6) is 0 Å². The second-order valence-corrected chi connectivity index (χ2v) is 8.33. The van der Waals surface area contributed by atoms with Crippen LogP contribution in [0.15, 0.2) is 77.6 Å². The van der Waals surface area contributed by atoms with Crippen LogP contribution in [0.25, 0.3) is 10.9 Å². The van der Waals surface area contributed by atoms with Crippen LogP contribution in [-0.4, -0.2) is 15.0 Å². The van der Waals surface area contributed by atoms with E-state index in [0.29, 0.717) is 23.8 Å². The lowest BCUT2D eigenvalue weighted by Gasteiger charge is -2.26. The molecule has 32 heavy (non-hydrogen) atoms. The molecule has 1 aromatic heterocycles. The number of hydrogen-bond donors (Lipinski definition) is 2. The number of fused-ring (bicyclic) bond motifs is 1. The summed E-state index contributed by atoms with van der Waals surface area (Å²) in [7, 11) is 0. The third kappa shape index (κ3) is 5.03. The number of nitrogens with zero attached hydrogens (tertiary/aromatic N) is 1. The van der Waals surface area contributed by atoms with E-state index in [9.17, 15) is 9.18 Å². The van der Waals surface area contributed by atoms with Gasteiger partial charge in [0.15, 0.2) is 5.11 Å². The predicted molar refractivity (Wildman–Crippen MR) is 132 cm³/mol. The molecule has 0 amide bonds. The molecule has 1 heterocycles. The summed E-state index contributed by atoms with van der Waals surface area (Å²) in [5.74, 6) is -0.290. The van der Waals surface area contributed by atoms with Gasteiger partial charge in [0.1, 0.15) is 5.82 Å². The number of para-hydroxylation sites is 1. The van der Waals surface area contributed by atoms with Gasteiger partial charge in [-0.3, -0.25) is 4.79 Å².